The van der Waals surface area contributed by atoms with Crippen LogP contribution in [-0.2, 0) is 0 Å². The molecule has 6 heteroatoms. The normalized spacial score (nSPS) is 15.3. The number of aromatic amines is 1. The number of aromatic nitrogens is 4. The molecule has 1 aromatic carbocycles. The second-order valence-corrected chi connectivity index (χ2v) is 5.36. The number of hydrogen-bond acceptors (Lipinski definition) is 3. The molecule has 2 heterocycles. The second-order valence-electron chi connectivity index (χ2n) is 5.36. The number of nitrogens with one attached hydrogen (secondary N) is 1. The molecule has 3 aromatic rings. The maximum absolute atomic E-state index is 13.9. The van der Waals surface area contributed by atoms with E-state index < -0.39 is 0 Å². The van der Waals surface area contributed by atoms with Crippen molar-refractivity contribution in [3.8, 4) is 11.3 Å². The standard InChI is InChI=1S/C15H13FN4O/c16-12-7-2-1-6-10(12)13-14-17-15(21)11(9-4-3-5-9)8-20(14)19-18-13/h1-2,6-9,19H,3-5H2. The van der Waals surface area contributed by atoms with Gasteiger partial charge in [-0.1, -0.05) is 18.6 Å². The summed E-state index contributed by atoms with van der Waals surface area (Å²) in [5.41, 5.74) is 1.51. The Hall–Kier alpha value is -2.50. The highest BCUT2D eigenvalue weighted by Gasteiger charge is 2.24. The fourth-order valence-corrected chi connectivity index (χ4v) is 2.70. The first kappa shape index (κ1) is 12.3. The van der Waals surface area contributed by atoms with Crippen LogP contribution in [0.15, 0.2) is 35.3 Å². The van der Waals surface area contributed by atoms with Crippen LogP contribution in [0.5, 0.6) is 0 Å². The summed E-state index contributed by atoms with van der Waals surface area (Å²) in [6, 6.07) is 6.32. The highest BCUT2D eigenvalue weighted by Crippen LogP contribution is 2.34. The largest absolute Gasteiger partial charge is 0.276 e. The SMILES string of the molecule is O=c1nc2c(-c3ccccc3F)n[nH]n2cc1C1CCC1. The number of hydrogen-bond donors (Lipinski definition) is 1. The van der Waals surface area contributed by atoms with Crippen molar-refractivity contribution < 1.29 is 4.39 Å². The van der Waals surface area contributed by atoms with Crippen LogP contribution in [0.3, 0.4) is 0 Å². The van der Waals surface area contributed by atoms with Crippen molar-refractivity contribution in [3.05, 3.63) is 52.2 Å². The lowest BCUT2D eigenvalue weighted by molar-refractivity contribution is 0.414. The Morgan fingerprint density at radius 3 is 2.81 bits per heavy atom. The molecule has 0 aliphatic heterocycles. The summed E-state index contributed by atoms with van der Waals surface area (Å²) in [7, 11) is 0. The first-order valence-corrected chi connectivity index (χ1v) is 6.96. The molecule has 106 valence electrons. The Morgan fingerprint density at radius 2 is 2.10 bits per heavy atom. The van der Waals surface area contributed by atoms with Gasteiger partial charge >= 0.3 is 0 Å². The molecule has 1 aliphatic rings. The van der Waals surface area contributed by atoms with E-state index in [-0.39, 0.29) is 11.4 Å². The van der Waals surface area contributed by atoms with E-state index in [9.17, 15) is 9.18 Å². The van der Waals surface area contributed by atoms with Gasteiger partial charge in [0.05, 0.1) is 0 Å². The van der Waals surface area contributed by atoms with Crippen LogP contribution in [0.4, 0.5) is 4.39 Å². The van der Waals surface area contributed by atoms with Crippen molar-refractivity contribution in [2.45, 2.75) is 25.2 Å². The van der Waals surface area contributed by atoms with Crippen molar-refractivity contribution in [3.63, 3.8) is 0 Å². The minimum absolute atomic E-state index is 0.237. The lowest BCUT2D eigenvalue weighted by atomic mass is 9.81. The van der Waals surface area contributed by atoms with Gasteiger partial charge in [0.1, 0.15) is 11.5 Å². The van der Waals surface area contributed by atoms with Crippen LogP contribution in [-0.4, -0.2) is 19.8 Å². The molecular formula is C15H13FN4O. The molecule has 0 bridgehead atoms. The first-order chi connectivity index (χ1) is 10.2. The summed E-state index contributed by atoms with van der Waals surface area (Å²) in [6.45, 7) is 0. The van der Waals surface area contributed by atoms with Crippen molar-refractivity contribution >= 4 is 5.65 Å². The molecule has 0 spiro atoms. The van der Waals surface area contributed by atoms with Crippen LogP contribution >= 0.6 is 0 Å². The van der Waals surface area contributed by atoms with Gasteiger partial charge in [-0.2, -0.15) is 10.1 Å². The van der Waals surface area contributed by atoms with E-state index in [1.807, 2.05) is 0 Å². The third kappa shape index (κ3) is 1.86. The van der Waals surface area contributed by atoms with Crippen molar-refractivity contribution in [1.82, 2.24) is 19.8 Å². The molecule has 0 amide bonds. The highest BCUT2D eigenvalue weighted by atomic mass is 19.1. The molecule has 1 aliphatic carbocycles. The molecule has 0 atom stereocenters. The zero-order chi connectivity index (χ0) is 14.4. The van der Waals surface area contributed by atoms with E-state index in [0.29, 0.717) is 28.4 Å². The van der Waals surface area contributed by atoms with Gasteiger partial charge in [0, 0.05) is 17.3 Å². The van der Waals surface area contributed by atoms with E-state index in [2.05, 4.69) is 15.3 Å². The smallest absolute Gasteiger partial charge is 0.267 e. The Labute approximate surface area is 119 Å². The molecule has 1 N–H and O–H groups in total. The van der Waals surface area contributed by atoms with E-state index >= 15 is 0 Å². The van der Waals surface area contributed by atoms with Gasteiger partial charge < -0.3 is 0 Å². The van der Waals surface area contributed by atoms with Gasteiger partial charge in [-0.3, -0.25) is 4.79 Å². The number of H-pyrrole nitrogens is 1. The van der Waals surface area contributed by atoms with Crippen molar-refractivity contribution in [2.24, 2.45) is 0 Å². The van der Waals surface area contributed by atoms with Crippen LogP contribution < -0.4 is 5.56 Å². The molecule has 0 radical (unpaired) electrons. The maximum Gasteiger partial charge on any atom is 0.276 e. The molecule has 0 saturated heterocycles. The van der Waals surface area contributed by atoms with E-state index in [4.69, 9.17) is 0 Å². The molecule has 2 aromatic heterocycles. The maximum atomic E-state index is 13.9. The average molecular weight is 284 g/mol. The molecular weight excluding hydrogens is 271 g/mol. The molecule has 21 heavy (non-hydrogen) atoms. The summed E-state index contributed by atoms with van der Waals surface area (Å²) in [5, 5.41) is 6.89. The Morgan fingerprint density at radius 1 is 1.29 bits per heavy atom. The van der Waals surface area contributed by atoms with E-state index in [1.54, 1.807) is 28.9 Å². The van der Waals surface area contributed by atoms with E-state index in [0.717, 1.165) is 19.3 Å². The summed E-state index contributed by atoms with van der Waals surface area (Å²) < 4.78 is 15.5. The van der Waals surface area contributed by atoms with E-state index in [1.165, 1.54) is 6.07 Å². The van der Waals surface area contributed by atoms with Gasteiger partial charge in [-0.15, -0.1) is 0 Å². The minimum Gasteiger partial charge on any atom is -0.267 e. The molecule has 1 saturated carbocycles. The third-order valence-electron chi connectivity index (χ3n) is 4.11. The number of halogens is 1. The second kappa shape index (κ2) is 4.51. The molecule has 4 rings (SSSR count). The summed E-state index contributed by atoms with van der Waals surface area (Å²) in [6.07, 6.45) is 4.94. The number of rotatable bonds is 2. The Balaban J connectivity index is 1.91. The quantitative estimate of drug-likeness (QED) is 0.786. The zero-order valence-corrected chi connectivity index (χ0v) is 11.2. The summed E-state index contributed by atoms with van der Waals surface area (Å²) in [5.74, 6) is -0.0917. The van der Waals surface area contributed by atoms with Crippen LogP contribution in [0.1, 0.15) is 30.7 Å². The summed E-state index contributed by atoms with van der Waals surface area (Å²) >= 11 is 0. The van der Waals surface area contributed by atoms with Crippen LogP contribution in [0, 0.1) is 5.82 Å². The molecule has 0 unspecified atom stereocenters. The molecule has 1 fully saturated rings. The number of benzene rings is 1. The fraction of sp³-hybridized carbons (Fsp3) is 0.267. The van der Waals surface area contributed by atoms with Gasteiger partial charge in [0.25, 0.3) is 5.56 Å². The highest BCUT2D eigenvalue weighted by molar-refractivity contribution is 5.73. The lowest BCUT2D eigenvalue weighted by Crippen LogP contribution is -2.22. The fourth-order valence-electron chi connectivity index (χ4n) is 2.70. The predicted octanol–water partition coefficient (Wildman–Crippen LogP) is 2.49. The minimum atomic E-state index is -0.385. The van der Waals surface area contributed by atoms with Gasteiger partial charge in [-0.05, 0) is 30.9 Å². The topological polar surface area (TPSA) is 63.0 Å². The average Bonchev–Trinajstić information content (AvgIpc) is 2.80. The Bertz CT molecular complexity index is 879. The van der Waals surface area contributed by atoms with Crippen molar-refractivity contribution in [1.29, 1.82) is 0 Å². The number of nitrogens with zero attached hydrogens (tertiary/aromatic N) is 3. The van der Waals surface area contributed by atoms with Gasteiger partial charge in [0.2, 0.25) is 0 Å². The van der Waals surface area contributed by atoms with Gasteiger partial charge in [0.15, 0.2) is 5.65 Å². The monoisotopic (exact) mass is 284 g/mol. The van der Waals surface area contributed by atoms with Crippen molar-refractivity contribution in [2.75, 3.05) is 0 Å². The molecule has 5 nitrogen and oxygen atoms in total. The predicted molar refractivity (Wildman–Crippen MR) is 75.6 cm³/mol. The number of fused-ring (bicyclic) bond motifs is 1. The lowest BCUT2D eigenvalue weighted by Gasteiger charge is -2.24. The van der Waals surface area contributed by atoms with Crippen LogP contribution in [0.2, 0.25) is 0 Å². The first-order valence-electron chi connectivity index (χ1n) is 6.96. The summed E-state index contributed by atoms with van der Waals surface area (Å²) in [4.78, 5) is 16.3. The zero-order valence-electron chi connectivity index (χ0n) is 11.2. The Kier molecular flexibility index (Phi) is 2.63. The van der Waals surface area contributed by atoms with Gasteiger partial charge in [-0.25, -0.2) is 14.1 Å². The van der Waals surface area contributed by atoms with Crippen LogP contribution in [0.25, 0.3) is 16.9 Å². The third-order valence-corrected chi connectivity index (χ3v) is 4.11.